The first-order chi connectivity index (χ1) is 14.9. The maximum Gasteiger partial charge on any atom is 0.243 e. The molecule has 0 fully saturated rings. The van der Waals surface area contributed by atoms with Gasteiger partial charge in [-0.05, 0) is 66.4 Å². The molecule has 0 bridgehead atoms. The van der Waals surface area contributed by atoms with Crippen molar-refractivity contribution < 1.29 is 22.7 Å². The molecule has 31 heavy (non-hydrogen) atoms. The van der Waals surface area contributed by atoms with E-state index in [0.29, 0.717) is 17.9 Å². The average molecular weight is 441 g/mol. The number of rotatable bonds is 10. The van der Waals surface area contributed by atoms with E-state index in [1.165, 1.54) is 24.5 Å². The summed E-state index contributed by atoms with van der Waals surface area (Å²) >= 11 is 0. The number of aromatic hydroxyl groups is 1. The molecule has 3 N–H and O–H groups in total. The van der Waals surface area contributed by atoms with Crippen LogP contribution in [0.2, 0.25) is 0 Å². The van der Waals surface area contributed by atoms with Crippen LogP contribution in [0.5, 0.6) is 5.75 Å². The monoisotopic (exact) mass is 440 g/mol. The summed E-state index contributed by atoms with van der Waals surface area (Å²) in [5, 5.41) is 12.1. The van der Waals surface area contributed by atoms with Gasteiger partial charge in [-0.2, -0.15) is 0 Å². The number of nitrogens with one attached hydrogen (secondary N) is 2. The van der Waals surface area contributed by atoms with Crippen LogP contribution in [0.4, 0.5) is 0 Å². The lowest BCUT2D eigenvalue weighted by atomic mass is 10.1. The van der Waals surface area contributed by atoms with E-state index in [9.17, 15) is 18.3 Å². The Morgan fingerprint density at radius 3 is 2.45 bits per heavy atom. The van der Waals surface area contributed by atoms with Gasteiger partial charge in [0.05, 0.1) is 17.7 Å². The molecule has 0 saturated carbocycles. The molecule has 162 valence electrons. The highest BCUT2D eigenvalue weighted by molar-refractivity contribution is 7.89. The van der Waals surface area contributed by atoms with Crippen molar-refractivity contribution in [3.8, 4) is 5.75 Å². The summed E-state index contributed by atoms with van der Waals surface area (Å²) in [7, 11) is -3.65. The average Bonchev–Trinajstić information content (AvgIpc) is 3.29. The number of carbonyl (C=O) groups excluding carboxylic acids is 1. The van der Waals surface area contributed by atoms with E-state index >= 15 is 0 Å². The van der Waals surface area contributed by atoms with E-state index in [-0.39, 0.29) is 23.1 Å². The number of amides is 1. The number of sulfonamides is 1. The summed E-state index contributed by atoms with van der Waals surface area (Å²) in [4.78, 5) is 12.1. The molecular weight excluding hydrogens is 416 g/mol. The van der Waals surface area contributed by atoms with Gasteiger partial charge in [0.2, 0.25) is 15.9 Å². The fraction of sp³-hybridized carbons (Fsp3) is 0.174. The number of carbonyl (C=O) groups is 1. The molecule has 0 spiro atoms. The number of phenolic OH excluding ortho intramolecular Hbond substituents is 1. The fourth-order valence-corrected chi connectivity index (χ4v) is 3.81. The number of hydrogen-bond acceptors (Lipinski definition) is 5. The summed E-state index contributed by atoms with van der Waals surface area (Å²) in [6, 6.07) is 16.6. The minimum absolute atomic E-state index is 0.0733. The molecule has 0 atom stereocenters. The zero-order chi connectivity index (χ0) is 22.1. The number of aryl methyl sites for hydroxylation is 1. The van der Waals surface area contributed by atoms with Gasteiger partial charge in [0.25, 0.3) is 0 Å². The normalized spacial score (nSPS) is 11.6. The van der Waals surface area contributed by atoms with Crippen LogP contribution in [0.15, 0.2) is 82.3 Å². The molecule has 0 aliphatic rings. The van der Waals surface area contributed by atoms with Crippen molar-refractivity contribution >= 4 is 22.0 Å². The highest BCUT2D eigenvalue weighted by Gasteiger charge is 2.13. The van der Waals surface area contributed by atoms with Gasteiger partial charge in [0.1, 0.15) is 11.5 Å². The largest absolute Gasteiger partial charge is 0.508 e. The Bertz CT molecular complexity index is 1100. The van der Waals surface area contributed by atoms with Gasteiger partial charge in [-0.15, -0.1) is 0 Å². The molecule has 3 rings (SSSR count). The molecule has 1 heterocycles. The Kier molecular flexibility index (Phi) is 7.64. The minimum Gasteiger partial charge on any atom is -0.508 e. The summed E-state index contributed by atoms with van der Waals surface area (Å²) in [5.74, 6) is 0.540. The standard InChI is InChI=1S/C23H24N2O5S/c26-20-10-5-18(6-11-20)3-1-15-24-23(27)14-9-19-7-12-22(13-8-19)31(28,29)25-17-21-4-2-16-30-21/h2,4-14,16,25-26H,1,3,15,17H2,(H,24,27)/b14-9+. The van der Waals surface area contributed by atoms with Crippen LogP contribution < -0.4 is 10.0 Å². The van der Waals surface area contributed by atoms with Crippen LogP contribution in [0.1, 0.15) is 23.3 Å². The van der Waals surface area contributed by atoms with E-state index in [1.807, 2.05) is 12.1 Å². The Labute approximate surface area is 181 Å². The van der Waals surface area contributed by atoms with Crippen LogP contribution in [0.3, 0.4) is 0 Å². The van der Waals surface area contributed by atoms with E-state index in [2.05, 4.69) is 10.0 Å². The fourth-order valence-electron chi connectivity index (χ4n) is 2.82. The Balaban J connectivity index is 1.43. The molecule has 2 aromatic carbocycles. The topological polar surface area (TPSA) is 109 Å². The van der Waals surface area contributed by atoms with Gasteiger partial charge in [-0.3, -0.25) is 4.79 Å². The SMILES string of the molecule is O=C(/C=C/c1ccc(S(=O)(=O)NCc2ccco2)cc1)NCCCc1ccc(O)cc1. The third-order valence-corrected chi connectivity index (χ3v) is 5.93. The van der Waals surface area contributed by atoms with Crippen LogP contribution >= 0.6 is 0 Å². The highest BCUT2D eigenvalue weighted by atomic mass is 32.2. The third-order valence-electron chi connectivity index (χ3n) is 4.51. The van der Waals surface area contributed by atoms with Gasteiger partial charge in [-0.1, -0.05) is 24.3 Å². The van der Waals surface area contributed by atoms with E-state index in [1.54, 1.807) is 42.5 Å². The zero-order valence-corrected chi connectivity index (χ0v) is 17.6. The lowest BCUT2D eigenvalue weighted by Gasteiger charge is -2.06. The Morgan fingerprint density at radius 1 is 1.03 bits per heavy atom. The summed E-state index contributed by atoms with van der Waals surface area (Å²) in [5.41, 5.74) is 1.81. The number of benzene rings is 2. The summed E-state index contributed by atoms with van der Waals surface area (Å²) in [6.07, 6.45) is 6.11. The lowest BCUT2D eigenvalue weighted by molar-refractivity contribution is -0.116. The van der Waals surface area contributed by atoms with Crippen molar-refractivity contribution in [2.24, 2.45) is 0 Å². The van der Waals surface area contributed by atoms with Crippen molar-refractivity contribution in [2.45, 2.75) is 24.3 Å². The summed E-state index contributed by atoms with van der Waals surface area (Å²) in [6.45, 7) is 0.604. The first kappa shape index (κ1) is 22.3. The molecule has 8 heteroatoms. The number of phenols is 1. The maximum absolute atomic E-state index is 12.3. The molecule has 1 amide bonds. The second-order valence-electron chi connectivity index (χ2n) is 6.87. The molecule has 0 unspecified atom stereocenters. The maximum atomic E-state index is 12.3. The minimum atomic E-state index is -3.65. The van der Waals surface area contributed by atoms with Gasteiger partial charge < -0.3 is 14.8 Å². The van der Waals surface area contributed by atoms with Gasteiger partial charge in [-0.25, -0.2) is 13.1 Å². The van der Waals surface area contributed by atoms with Crippen molar-refractivity contribution in [3.05, 3.63) is 89.9 Å². The quantitative estimate of drug-likeness (QED) is 0.331. The molecule has 7 nitrogen and oxygen atoms in total. The van der Waals surface area contributed by atoms with Crippen molar-refractivity contribution in [3.63, 3.8) is 0 Å². The Morgan fingerprint density at radius 2 is 1.77 bits per heavy atom. The van der Waals surface area contributed by atoms with Crippen molar-refractivity contribution in [2.75, 3.05) is 6.54 Å². The van der Waals surface area contributed by atoms with Crippen LogP contribution in [-0.2, 0) is 27.8 Å². The molecule has 0 saturated heterocycles. The molecule has 0 aliphatic heterocycles. The second-order valence-corrected chi connectivity index (χ2v) is 8.63. The zero-order valence-electron chi connectivity index (χ0n) is 16.8. The second kappa shape index (κ2) is 10.6. The number of hydrogen-bond donors (Lipinski definition) is 3. The predicted octanol–water partition coefficient (Wildman–Crippen LogP) is 3.23. The third kappa shape index (κ3) is 7.13. The van der Waals surface area contributed by atoms with Gasteiger partial charge in [0, 0.05) is 12.6 Å². The summed E-state index contributed by atoms with van der Waals surface area (Å²) < 4.78 is 32.2. The van der Waals surface area contributed by atoms with E-state index in [4.69, 9.17) is 4.42 Å². The smallest absolute Gasteiger partial charge is 0.243 e. The predicted molar refractivity (Wildman–Crippen MR) is 118 cm³/mol. The molecule has 0 radical (unpaired) electrons. The molecule has 1 aromatic heterocycles. The van der Waals surface area contributed by atoms with Crippen molar-refractivity contribution in [1.82, 2.24) is 10.0 Å². The molecule has 3 aromatic rings. The van der Waals surface area contributed by atoms with E-state index in [0.717, 1.165) is 18.4 Å². The van der Waals surface area contributed by atoms with Crippen LogP contribution in [-0.4, -0.2) is 26.0 Å². The van der Waals surface area contributed by atoms with Gasteiger partial charge in [0.15, 0.2) is 0 Å². The first-order valence-electron chi connectivity index (χ1n) is 9.78. The van der Waals surface area contributed by atoms with Crippen LogP contribution in [0, 0.1) is 0 Å². The molecular formula is C23H24N2O5S. The Hall–Kier alpha value is -3.36. The molecule has 0 aliphatic carbocycles. The first-order valence-corrected chi connectivity index (χ1v) is 11.3. The highest BCUT2D eigenvalue weighted by Crippen LogP contribution is 2.13. The number of furan rings is 1. The lowest BCUT2D eigenvalue weighted by Crippen LogP contribution is -2.23. The van der Waals surface area contributed by atoms with Crippen molar-refractivity contribution in [1.29, 1.82) is 0 Å². The van der Waals surface area contributed by atoms with Crippen LogP contribution in [0.25, 0.3) is 6.08 Å². The van der Waals surface area contributed by atoms with E-state index < -0.39 is 10.0 Å². The van der Waals surface area contributed by atoms with Gasteiger partial charge >= 0.3 is 0 Å².